The molecule has 0 aromatic carbocycles. The van der Waals surface area contributed by atoms with Crippen LogP contribution < -0.4 is 5.32 Å². The number of hydrogen-bond donors (Lipinski definition) is 1. The normalized spacial score (nSPS) is 16.2. The van der Waals surface area contributed by atoms with Crippen molar-refractivity contribution >= 4 is 41.5 Å². The maximum absolute atomic E-state index is 6.04. The molecule has 1 N–H and O–H groups in total. The first-order valence-corrected chi connectivity index (χ1v) is 8.24. The Hall–Kier alpha value is -0.470. The smallest absolute Gasteiger partial charge is 0.193 e. The molecule has 132 valence electrons. The van der Waals surface area contributed by atoms with Crippen LogP contribution in [0.15, 0.2) is 17.3 Å². The van der Waals surface area contributed by atoms with E-state index < -0.39 is 0 Å². The third kappa shape index (κ3) is 5.83. The van der Waals surface area contributed by atoms with Crippen LogP contribution >= 0.6 is 35.6 Å². The van der Waals surface area contributed by atoms with Gasteiger partial charge in [0.25, 0.3) is 0 Å². The molecule has 1 aromatic heterocycles. The van der Waals surface area contributed by atoms with Gasteiger partial charge in [-0.1, -0.05) is 11.6 Å². The van der Waals surface area contributed by atoms with Gasteiger partial charge in [-0.05, 0) is 32.9 Å². The quantitative estimate of drug-likeness (QED) is 0.409. The Labute approximate surface area is 162 Å². The van der Waals surface area contributed by atoms with Crippen molar-refractivity contribution in [2.75, 3.05) is 27.7 Å². The van der Waals surface area contributed by atoms with E-state index in [0.717, 1.165) is 30.1 Å². The first kappa shape index (κ1) is 20.6. The van der Waals surface area contributed by atoms with Crippen molar-refractivity contribution in [1.29, 1.82) is 0 Å². The molecule has 0 spiro atoms. The van der Waals surface area contributed by atoms with Crippen molar-refractivity contribution < 1.29 is 0 Å². The predicted octanol–water partition coefficient (Wildman–Crippen LogP) is 2.79. The summed E-state index contributed by atoms with van der Waals surface area (Å²) >= 11 is 6.04. The van der Waals surface area contributed by atoms with Gasteiger partial charge in [-0.2, -0.15) is 0 Å². The van der Waals surface area contributed by atoms with E-state index in [1.54, 1.807) is 0 Å². The Morgan fingerprint density at radius 2 is 2.13 bits per heavy atom. The average Bonchev–Trinajstić information content (AvgIpc) is 3.26. The Morgan fingerprint density at radius 1 is 1.48 bits per heavy atom. The van der Waals surface area contributed by atoms with Crippen LogP contribution in [0, 0.1) is 0 Å². The van der Waals surface area contributed by atoms with Crippen molar-refractivity contribution in [1.82, 2.24) is 19.7 Å². The first-order chi connectivity index (χ1) is 10.4. The Balaban J connectivity index is 0.00000264. The second-order valence-corrected chi connectivity index (χ2v) is 6.73. The monoisotopic (exact) mass is 453 g/mol. The molecule has 1 saturated carbocycles. The SMILES string of the molecule is CN=C(NCC(C)N(C)C1CC1)N(C)Cc1cc(Cl)cn1C.I. The molecule has 0 amide bonds. The molecule has 5 nitrogen and oxygen atoms in total. The summed E-state index contributed by atoms with van der Waals surface area (Å²) in [6.07, 6.45) is 4.60. The summed E-state index contributed by atoms with van der Waals surface area (Å²) in [7, 11) is 8.10. The van der Waals surface area contributed by atoms with Gasteiger partial charge in [-0.3, -0.25) is 9.89 Å². The summed E-state index contributed by atoms with van der Waals surface area (Å²) in [5.74, 6) is 0.911. The van der Waals surface area contributed by atoms with E-state index in [1.807, 2.05) is 33.4 Å². The third-order valence-corrected chi connectivity index (χ3v) is 4.63. The van der Waals surface area contributed by atoms with Crippen molar-refractivity contribution in [2.24, 2.45) is 12.0 Å². The summed E-state index contributed by atoms with van der Waals surface area (Å²) in [4.78, 5) is 8.96. The van der Waals surface area contributed by atoms with E-state index in [4.69, 9.17) is 11.6 Å². The zero-order valence-corrected chi connectivity index (χ0v) is 17.8. The highest BCUT2D eigenvalue weighted by Crippen LogP contribution is 2.26. The van der Waals surface area contributed by atoms with Crippen LogP contribution in [0.3, 0.4) is 0 Å². The summed E-state index contributed by atoms with van der Waals surface area (Å²) in [5.41, 5.74) is 1.17. The van der Waals surface area contributed by atoms with Gasteiger partial charge in [0.15, 0.2) is 5.96 Å². The van der Waals surface area contributed by atoms with Gasteiger partial charge in [-0.25, -0.2) is 0 Å². The van der Waals surface area contributed by atoms with Crippen LogP contribution in [0.5, 0.6) is 0 Å². The number of aromatic nitrogens is 1. The van der Waals surface area contributed by atoms with Crippen LogP contribution in [-0.2, 0) is 13.6 Å². The minimum atomic E-state index is 0. The molecular formula is C16H29ClIN5. The van der Waals surface area contributed by atoms with E-state index in [-0.39, 0.29) is 24.0 Å². The average molecular weight is 454 g/mol. The van der Waals surface area contributed by atoms with Crippen LogP contribution in [0.25, 0.3) is 0 Å². The van der Waals surface area contributed by atoms with E-state index in [2.05, 4.69) is 38.6 Å². The molecule has 1 unspecified atom stereocenters. The maximum atomic E-state index is 6.04. The predicted molar refractivity (Wildman–Crippen MR) is 109 cm³/mol. The number of aryl methyl sites for hydroxylation is 1. The van der Waals surface area contributed by atoms with Crippen molar-refractivity contribution in [3.05, 3.63) is 23.0 Å². The summed E-state index contributed by atoms with van der Waals surface area (Å²) in [6, 6.07) is 3.28. The molecule has 1 aromatic rings. The Bertz CT molecular complexity index is 527. The largest absolute Gasteiger partial charge is 0.355 e. The van der Waals surface area contributed by atoms with Gasteiger partial charge < -0.3 is 14.8 Å². The number of likely N-dealkylation sites (N-methyl/N-ethyl adjacent to an activating group) is 1. The number of aliphatic imine (C=N–C) groups is 1. The molecular weight excluding hydrogens is 425 g/mol. The van der Waals surface area contributed by atoms with Gasteiger partial charge in [0.2, 0.25) is 0 Å². The first-order valence-electron chi connectivity index (χ1n) is 7.86. The number of hydrogen-bond acceptors (Lipinski definition) is 2. The van der Waals surface area contributed by atoms with E-state index in [1.165, 1.54) is 18.5 Å². The van der Waals surface area contributed by atoms with E-state index >= 15 is 0 Å². The maximum Gasteiger partial charge on any atom is 0.193 e. The summed E-state index contributed by atoms with van der Waals surface area (Å²) in [6.45, 7) is 3.93. The fourth-order valence-electron chi connectivity index (χ4n) is 2.65. The van der Waals surface area contributed by atoms with Gasteiger partial charge in [0, 0.05) is 51.7 Å². The number of guanidine groups is 1. The topological polar surface area (TPSA) is 35.8 Å². The molecule has 23 heavy (non-hydrogen) atoms. The molecule has 0 bridgehead atoms. The molecule has 1 fully saturated rings. The van der Waals surface area contributed by atoms with Crippen LogP contribution in [0.1, 0.15) is 25.5 Å². The van der Waals surface area contributed by atoms with Crippen molar-refractivity contribution in [2.45, 2.75) is 38.4 Å². The highest BCUT2D eigenvalue weighted by atomic mass is 127. The Morgan fingerprint density at radius 3 is 2.61 bits per heavy atom. The van der Waals surface area contributed by atoms with Gasteiger partial charge in [0.05, 0.1) is 11.6 Å². The molecule has 2 rings (SSSR count). The highest BCUT2D eigenvalue weighted by molar-refractivity contribution is 14.0. The third-order valence-electron chi connectivity index (χ3n) is 4.42. The lowest BCUT2D eigenvalue weighted by molar-refractivity contribution is 0.246. The second kappa shape index (κ2) is 9.13. The molecule has 0 aliphatic heterocycles. The fraction of sp³-hybridized carbons (Fsp3) is 0.688. The van der Waals surface area contributed by atoms with Crippen LogP contribution in [0.2, 0.25) is 5.02 Å². The zero-order chi connectivity index (χ0) is 16.3. The molecule has 0 saturated heterocycles. The van der Waals surface area contributed by atoms with Gasteiger partial charge >= 0.3 is 0 Å². The van der Waals surface area contributed by atoms with E-state index in [9.17, 15) is 0 Å². The van der Waals surface area contributed by atoms with Crippen LogP contribution in [0.4, 0.5) is 0 Å². The minimum Gasteiger partial charge on any atom is -0.355 e. The van der Waals surface area contributed by atoms with Gasteiger partial charge in [-0.15, -0.1) is 24.0 Å². The van der Waals surface area contributed by atoms with Crippen LogP contribution in [-0.4, -0.2) is 60.1 Å². The zero-order valence-electron chi connectivity index (χ0n) is 14.7. The highest BCUT2D eigenvalue weighted by Gasteiger charge is 2.29. The van der Waals surface area contributed by atoms with Crippen molar-refractivity contribution in [3.63, 3.8) is 0 Å². The lowest BCUT2D eigenvalue weighted by Crippen LogP contribution is -2.45. The summed E-state index contributed by atoms with van der Waals surface area (Å²) < 4.78 is 2.05. The van der Waals surface area contributed by atoms with Crippen molar-refractivity contribution in [3.8, 4) is 0 Å². The number of nitrogens with zero attached hydrogens (tertiary/aromatic N) is 4. The molecule has 0 radical (unpaired) electrons. The number of halogens is 2. The Kier molecular flexibility index (Phi) is 8.17. The lowest BCUT2D eigenvalue weighted by atomic mass is 10.3. The molecule has 1 heterocycles. The fourth-order valence-corrected chi connectivity index (χ4v) is 2.92. The lowest BCUT2D eigenvalue weighted by Gasteiger charge is -2.28. The molecule has 1 aliphatic carbocycles. The minimum absolute atomic E-state index is 0. The standard InChI is InChI=1S/C16H28ClN5.HI/c1-12(22(5)14-6-7-14)9-19-16(18-2)21(4)11-15-8-13(17)10-20(15)3;/h8,10,12,14H,6-7,9,11H2,1-5H3,(H,18,19);1H. The summed E-state index contributed by atoms with van der Waals surface area (Å²) in [5, 5.41) is 4.24. The number of rotatable bonds is 6. The second-order valence-electron chi connectivity index (χ2n) is 6.29. The van der Waals surface area contributed by atoms with Gasteiger partial charge in [0.1, 0.15) is 0 Å². The molecule has 1 aliphatic rings. The molecule has 1 atom stereocenters. The number of nitrogens with one attached hydrogen (secondary N) is 1. The molecule has 7 heteroatoms. The van der Waals surface area contributed by atoms with E-state index in [0.29, 0.717) is 6.04 Å².